The number of hydrogen-bond acceptors (Lipinski definition) is 5. The van der Waals surface area contributed by atoms with Gasteiger partial charge in [-0.3, -0.25) is 25.2 Å². The van der Waals surface area contributed by atoms with Crippen LogP contribution in [0.25, 0.3) is 0 Å². The molecule has 1 aromatic carbocycles. The van der Waals surface area contributed by atoms with Crippen LogP contribution in [0.3, 0.4) is 0 Å². The lowest BCUT2D eigenvalue weighted by Crippen LogP contribution is -2.48. The number of rotatable bonds is 6. The highest BCUT2D eigenvalue weighted by Gasteiger charge is 2.14. The molecule has 2 rings (SSSR count). The zero-order valence-corrected chi connectivity index (χ0v) is 13.7. The van der Waals surface area contributed by atoms with Crippen molar-refractivity contribution >= 4 is 17.7 Å². The van der Waals surface area contributed by atoms with Crippen molar-refractivity contribution in [1.29, 1.82) is 0 Å². The van der Waals surface area contributed by atoms with Crippen LogP contribution < -0.4 is 20.9 Å². The quantitative estimate of drug-likeness (QED) is 0.530. The second-order valence-corrected chi connectivity index (χ2v) is 5.13. The Balaban J connectivity index is 1.62. The monoisotopic (exact) mass is 345 g/mol. The third-order valence-electron chi connectivity index (χ3n) is 3.21. The molecular weight excluding hydrogens is 326 g/mol. The number of benzene rings is 1. The van der Waals surface area contributed by atoms with Crippen LogP contribution in [0, 0.1) is 6.92 Å². The van der Waals surface area contributed by atoms with Gasteiger partial charge in [-0.15, -0.1) is 0 Å². The van der Waals surface area contributed by atoms with Crippen LogP contribution in [0.15, 0.2) is 47.1 Å². The van der Waals surface area contributed by atoms with E-state index in [0.29, 0.717) is 11.5 Å². The zero-order chi connectivity index (χ0) is 18.1. The molecule has 25 heavy (non-hydrogen) atoms. The SMILES string of the molecule is Cc1ccccc1OCCC(=O)NNC(=O)C(=O)NCc1ccco1. The third kappa shape index (κ3) is 6.02. The maximum absolute atomic E-state index is 11.6. The molecule has 1 aromatic heterocycles. The van der Waals surface area contributed by atoms with Crippen LogP contribution in [0.2, 0.25) is 0 Å². The number of amides is 3. The first-order valence-corrected chi connectivity index (χ1v) is 7.64. The molecule has 8 heteroatoms. The van der Waals surface area contributed by atoms with Crippen LogP contribution in [-0.4, -0.2) is 24.3 Å². The Bertz CT molecular complexity index is 728. The second-order valence-electron chi connectivity index (χ2n) is 5.13. The van der Waals surface area contributed by atoms with E-state index in [2.05, 4.69) is 10.7 Å². The smallest absolute Gasteiger partial charge is 0.327 e. The maximum Gasteiger partial charge on any atom is 0.327 e. The summed E-state index contributed by atoms with van der Waals surface area (Å²) in [5.74, 6) is -1.12. The average Bonchev–Trinajstić information content (AvgIpc) is 3.12. The molecule has 3 amide bonds. The second kappa shape index (κ2) is 9.11. The number of nitrogens with one attached hydrogen (secondary N) is 3. The number of hydrazine groups is 1. The van der Waals surface area contributed by atoms with Gasteiger partial charge in [0.15, 0.2) is 0 Å². The predicted octanol–water partition coefficient (Wildman–Crippen LogP) is 0.821. The highest BCUT2D eigenvalue weighted by molar-refractivity contribution is 6.35. The number of hydrogen-bond donors (Lipinski definition) is 3. The Kier molecular flexibility index (Phi) is 6.58. The lowest BCUT2D eigenvalue weighted by atomic mass is 10.2. The normalized spacial score (nSPS) is 9.96. The van der Waals surface area contributed by atoms with Gasteiger partial charge in [0.1, 0.15) is 11.5 Å². The summed E-state index contributed by atoms with van der Waals surface area (Å²) >= 11 is 0. The molecule has 0 saturated heterocycles. The van der Waals surface area contributed by atoms with Crippen molar-refractivity contribution in [2.45, 2.75) is 19.9 Å². The van der Waals surface area contributed by atoms with Crippen molar-refractivity contribution < 1.29 is 23.5 Å². The molecule has 132 valence electrons. The van der Waals surface area contributed by atoms with Crippen LogP contribution in [-0.2, 0) is 20.9 Å². The fraction of sp³-hybridized carbons (Fsp3) is 0.235. The molecule has 0 saturated carbocycles. The summed E-state index contributed by atoms with van der Waals surface area (Å²) in [4.78, 5) is 34.7. The van der Waals surface area contributed by atoms with Crippen molar-refractivity contribution in [3.05, 3.63) is 54.0 Å². The zero-order valence-electron chi connectivity index (χ0n) is 13.7. The number of aryl methyl sites for hydroxylation is 1. The van der Waals surface area contributed by atoms with Crippen molar-refractivity contribution in [1.82, 2.24) is 16.2 Å². The first-order chi connectivity index (χ1) is 12.1. The number of para-hydroxylation sites is 1. The van der Waals surface area contributed by atoms with E-state index in [4.69, 9.17) is 9.15 Å². The molecule has 1 heterocycles. The average molecular weight is 345 g/mol. The molecule has 2 aromatic rings. The Morgan fingerprint density at radius 3 is 2.56 bits per heavy atom. The summed E-state index contributed by atoms with van der Waals surface area (Å²) in [5, 5.41) is 2.36. The summed E-state index contributed by atoms with van der Waals surface area (Å²) in [7, 11) is 0. The van der Waals surface area contributed by atoms with Crippen molar-refractivity contribution in [3.8, 4) is 5.75 Å². The minimum atomic E-state index is -0.972. The van der Waals surface area contributed by atoms with Gasteiger partial charge in [-0.2, -0.15) is 0 Å². The number of ether oxygens (including phenoxy) is 1. The van der Waals surface area contributed by atoms with Gasteiger partial charge in [-0.1, -0.05) is 18.2 Å². The van der Waals surface area contributed by atoms with E-state index in [-0.39, 0.29) is 19.6 Å². The molecule has 8 nitrogen and oxygen atoms in total. The highest BCUT2D eigenvalue weighted by Crippen LogP contribution is 2.15. The Morgan fingerprint density at radius 2 is 1.84 bits per heavy atom. The fourth-order valence-corrected chi connectivity index (χ4v) is 1.88. The van der Waals surface area contributed by atoms with E-state index in [1.165, 1.54) is 6.26 Å². The first kappa shape index (κ1) is 18.1. The predicted molar refractivity (Wildman–Crippen MR) is 88.1 cm³/mol. The molecule has 0 aliphatic carbocycles. The Labute approximate surface area is 144 Å². The van der Waals surface area contributed by atoms with Gasteiger partial charge in [-0.05, 0) is 30.7 Å². The van der Waals surface area contributed by atoms with E-state index >= 15 is 0 Å². The molecule has 0 fully saturated rings. The molecule has 0 bridgehead atoms. The van der Waals surface area contributed by atoms with Crippen molar-refractivity contribution in [2.24, 2.45) is 0 Å². The minimum absolute atomic E-state index is 0.0304. The van der Waals surface area contributed by atoms with E-state index < -0.39 is 17.7 Å². The number of carbonyl (C=O) groups is 3. The topological polar surface area (TPSA) is 110 Å². The molecule has 0 unspecified atom stereocenters. The van der Waals surface area contributed by atoms with Gasteiger partial charge < -0.3 is 14.5 Å². The highest BCUT2D eigenvalue weighted by atomic mass is 16.5. The molecular formula is C17H19N3O5. The fourth-order valence-electron chi connectivity index (χ4n) is 1.88. The summed E-state index contributed by atoms with van der Waals surface area (Å²) in [6, 6.07) is 10.8. The molecule has 0 atom stereocenters. The van der Waals surface area contributed by atoms with Gasteiger partial charge in [0.05, 0.1) is 25.8 Å². The Morgan fingerprint density at radius 1 is 1.04 bits per heavy atom. The third-order valence-corrected chi connectivity index (χ3v) is 3.21. The summed E-state index contributed by atoms with van der Waals surface area (Å²) in [6.45, 7) is 2.13. The number of furan rings is 1. The molecule has 3 N–H and O–H groups in total. The van der Waals surface area contributed by atoms with Gasteiger partial charge in [0.2, 0.25) is 5.91 Å². The van der Waals surface area contributed by atoms with Crippen LogP contribution in [0.1, 0.15) is 17.7 Å². The van der Waals surface area contributed by atoms with Gasteiger partial charge >= 0.3 is 11.8 Å². The van der Waals surface area contributed by atoms with Crippen molar-refractivity contribution in [3.63, 3.8) is 0 Å². The van der Waals surface area contributed by atoms with Crippen LogP contribution >= 0.6 is 0 Å². The summed E-state index contributed by atoms with van der Waals surface area (Å²) in [5.41, 5.74) is 5.15. The van der Waals surface area contributed by atoms with Crippen LogP contribution in [0.4, 0.5) is 0 Å². The molecule has 0 radical (unpaired) electrons. The lowest BCUT2D eigenvalue weighted by molar-refractivity contribution is -0.141. The summed E-state index contributed by atoms with van der Waals surface area (Å²) < 4.78 is 10.5. The van der Waals surface area contributed by atoms with Crippen LogP contribution in [0.5, 0.6) is 5.75 Å². The van der Waals surface area contributed by atoms with E-state index in [9.17, 15) is 14.4 Å². The molecule has 0 spiro atoms. The van der Waals surface area contributed by atoms with Crippen molar-refractivity contribution in [2.75, 3.05) is 6.61 Å². The largest absolute Gasteiger partial charge is 0.493 e. The number of carbonyl (C=O) groups excluding carboxylic acids is 3. The van der Waals surface area contributed by atoms with Gasteiger partial charge in [-0.25, -0.2) is 0 Å². The Hall–Kier alpha value is -3.29. The first-order valence-electron chi connectivity index (χ1n) is 7.64. The van der Waals surface area contributed by atoms with E-state index in [1.807, 2.05) is 30.5 Å². The van der Waals surface area contributed by atoms with Gasteiger partial charge in [0.25, 0.3) is 0 Å². The summed E-state index contributed by atoms with van der Waals surface area (Å²) in [6.07, 6.45) is 1.49. The lowest BCUT2D eigenvalue weighted by Gasteiger charge is -2.09. The van der Waals surface area contributed by atoms with E-state index in [0.717, 1.165) is 5.56 Å². The molecule has 0 aliphatic heterocycles. The van der Waals surface area contributed by atoms with E-state index in [1.54, 1.807) is 18.2 Å². The maximum atomic E-state index is 11.6. The van der Waals surface area contributed by atoms with Gasteiger partial charge in [0, 0.05) is 0 Å². The standard InChI is InChI=1S/C17H19N3O5/c1-12-5-2-3-7-14(12)25-10-8-15(21)19-20-17(23)16(22)18-11-13-6-4-9-24-13/h2-7,9H,8,10-11H2,1H3,(H,18,22)(H,19,21)(H,20,23). The molecule has 0 aliphatic rings. The minimum Gasteiger partial charge on any atom is -0.493 e.